The lowest BCUT2D eigenvalue weighted by molar-refractivity contribution is 0.534. The van der Waals surface area contributed by atoms with E-state index in [2.05, 4.69) is 47.4 Å². The van der Waals surface area contributed by atoms with Gasteiger partial charge in [0.15, 0.2) is 0 Å². The molecule has 3 nitrogen and oxygen atoms in total. The minimum Gasteiger partial charge on any atom is -0.383 e. The highest BCUT2D eigenvalue weighted by molar-refractivity contribution is 7.12. The van der Waals surface area contributed by atoms with Crippen molar-refractivity contribution >= 4 is 33.6 Å². The molecule has 0 saturated heterocycles. The molecule has 1 unspecified atom stereocenters. The van der Waals surface area contributed by atoms with E-state index in [1.54, 1.807) is 11.3 Å². The fourth-order valence-corrected chi connectivity index (χ4v) is 4.07. The molecule has 128 valence electrons. The maximum atomic E-state index is 6.08. The van der Waals surface area contributed by atoms with Gasteiger partial charge < -0.3 is 10.7 Å². The topological polar surface area (TPSA) is 54.2 Å². The molecular weight excluding hydrogens is 326 g/mol. The second kappa shape index (κ2) is 6.89. The maximum Gasteiger partial charge on any atom is 0.136 e. The highest BCUT2D eigenvalue weighted by atomic mass is 32.1. The van der Waals surface area contributed by atoms with Crippen molar-refractivity contribution in [2.24, 2.45) is 16.6 Å². The molecule has 3 aromatic rings. The van der Waals surface area contributed by atoms with Crippen molar-refractivity contribution < 1.29 is 0 Å². The van der Waals surface area contributed by atoms with Crippen molar-refractivity contribution in [2.45, 2.75) is 32.7 Å². The second-order valence-electron chi connectivity index (χ2n) is 6.87. The van der Waals surface area contributed by atoms with Crippen LogP contribution in [0.25, 0.3) is 16.5 Å². The molecule has 2 aromatic heterocycles. The maximum absolute atomic E-state index is 6.08. The number of nitrogens with one attached hydrogen (secondary N) is 1. The van der Waals surface area contributed by atoms with E-state index in [9.17, 15) is 0 Å². The molecule has 0 amide bonds. The fourth-order valence-electron chi connectivity index (χ4n) is 3.42. The van der Waals surface area contributed by atoms with Crippen LogP contribution in [0.4, 0.5) is 0 Å². The molecule has 0 saturated carbocycles. The molecule has 0 spiro atoms. The molecule has 4 heteroatoms. The number of amidine groups is 1. The zero-order chi connectivity index (χ0) is 17.2. The average Bonchev–Trinajstić information content (AvgIpc) is 3.30. The zero-order valence-electron chi connectivity index (χ0n) is 14.5. The number of aromatic amines is 1. The number of aromatic nitrogens is 1. The van der Waals surface area contributed by atoms with Gasteiger partial charge in [-0.05, 0) is 59.9 Å². The molecule has 3 N–H and O–H groups in total. The molecule has 4 rings (SSSR count). The lowest BCUT2D eigenvalue weighted by Gasteiger charge is -2.18. The summed E-state index contributed by atoms with van der Waals surface area (Å²) in [7, 11) is 0. The Hall–Kier alpha value is -2.33. The van der Waals surface area contributed by atoms with Gasteiger partial charge in [0, 0.05) is 22.7 Å². The van der Waals surface area contributed by atoms with E-state index in [-0.39, 0.29) is 0 Å². The van der Waals surface area contributed by atoms with Gasteiger partial charge in [-0.3, -0.25) is 4.99 Å². The van der Waals surface area contributed by atoms with Gasteiger partial charge >= 0.3 is 0 Å². The summed E-state index contributed by atoms with van der Waals surface area (Å²) in [6.45, 7) is 2.94. The van der Waals surface area contributed by atoms with Crippen molar-refractivity contribution in [2.75, 3.05) is 0 Å². The van der Waals surface area contributed by atoms with E-state index in [0.29, 0.717) is 12.4 Å². The smallest absolute Gasteiger partial charge is 0.136 e. The van der Waals surface area contributed by atoms with Gasteiger partial charge in [-0.15, -0.1) is 11.3 Å². The largest absolute Gasteiger partial charge is 0.383 e. The van der Waals surface area contributed by atoms with Crippen LogP contribution in [0, 0.1) is 5.92 Å². The first-order chi connectivity index (χ1) is 12.2. The number of hydrogen-bond donors (Lipinski definition) is 2. The first-order valence-electron chi connectivity index (χ1n) is 8.84. The molecule has 1 aliphatic carbocycles. The number of nitrogens with two attached hydrogens (primary N) is 1. The molecule has 1 atom stereocenters. The predicted molar refractivity (Wildman–Crippen MR) is 108 cm³/mol. The number of fused-ring (bicyclic) bond motifs is 1. The standard InChI is InChI=1S/C21H23N3S/c1-14-4-7-16(8-5-14)18-13-23-19-9-6-15(11-17(18)19)12-24-21(22)20-3-2-10-25-20/h2-3,6-7,9-11,13-14,23H,4-5,8,12H2,1H3,(H2,22,24). The van der Waals surface area contributed by atoms with Crippen LogP contribution in [-0.2, 0) is 6.54 Å². The SMILES string of the molecule is CC1CC=C(c2c[nH]c3ccc(CN=C(N)c4cccs4)cc23)CC1. The molecule has 2 heterocycles. The van der Waals surface area contributed by atoms with Crippen molar-refractivity contribution in [3.8, 4) is 0 Å². The summed E-state index contributed by atoms with van der Waals surface area (Å²) in [5.74, 6) is 1.42. The average molecular weight is 350 g/mol. The summed E-state index contributed by atoms with van der Waals surface area (Å²) in [5.41, 5.74) is 11.3. The number of rotatable bonds is 4. The predicted octanol–water partition coefficient (Wildman–Crippen LogP) is 5.34. The first kappa shape index (κ1) is 16.2. The lowest BCUT2D eigenvalue weighted by atomic mass is 9.87. The Labute approximate surface area is 152 Å². The lowest BCUT2D eigenvalue weighted by Crippen LogP contribution is -2.11. The minimum absolute atomic E-state index is 0.611. The van der Waals surface area contributed by atoms with E-state index in [1.807, 2.05) is 17.5 Å². The quantitative estimate of drug-likeness (QED) is 0.485. The molecule has 0 fully saturated rings. The molecule has 0 bridgehead atoms. The van der Waals surface area contributed by atoms with Crippen molar-refractivity contribution in [3.05, 3.63) is 64.0 Å². The summed E-state index contributed by atoms with van der Waals surface area (Å²) < 4.78 is 0. The van der Waals surface area contributed by atoms with Gasteiger partial charge in [0.25, 0.3) is 0 Å². The molecular formula is C21H23N3S. The normalized spacial score (nSPS) is 18.5. The minimum atomic E-state index is 0.611. The number of H-pyrrole nitrogens is 1. The van der Waals surface area contributed by atoms with Gasteiger partial charge in [0.05, 0.1) is 11.4 Å². The Bertz CT molecular complexity index is 931. The number of allylic oxidation sites excluding steroid dienone is 2. The molecule has 1 aliphatic rings. The van der Waals surface area contributed by atoms with Crippen LogP contribution in [0.2, 0.25) is 0 Å². The van der Waals surface area contributed by atoms with Crippen molar-refractivity contribution in [1.82, 2.24) is 4.98 Å². The molecule has 0 aliphatic heterocycles. The van der Waals surface area contributed by atoms with Crippen LogP contribution in [0.5, 0.6) is 0 Å². The van der Waals surface area contributed by atoms with Crippen LogP contribution in [-0.4, -0.2) is 10.8 Å². The summed E-state index contributed by atoms with van der Waals surface area (Å²) in [6.07, 6.45) is 8.20. The van der Waals surface area contributed by atoms with Gasteiger partial charge in [0.1, 0.15) is 5.84 Å². The van der Waals surface area contributed by atoms with Crippen LogP contribution >= 0.6 is 11.3 Å². The molecule has 25 heavy (non-hydrogen) atoms. The Morgan fingerprint density at radius 2 is 2.28 bits per heavy atom. The van der Waals surface area contributed by atoms with Crippen LogP contribution < -0.4 is 5.73 Å². The van der Waals surface area contributed by atoms with E-state index in [0.717, 1.165) is 10.8 Å². The van der Waals surface area contributed by atoms with Crippen LogP contribution in [0.3, 0.4) is 0 Å². The van der Waals surface area contributed by atoms with Crippen LogP contribution in [0.15, 0.2) is 53.0 Å². The zero-order valence-corrected chi connectivity index (χ0v) is 15.3. The fraction of sp³-hybridized carbons (Fsp3) is 0.286. The van der Waals surface area contributed by atoms with E-state index in [4.69, 9.17) is 5.73 Å². The summed E-state index contributed by atoms with van der Waals surface area (Å²) in [4.78, 5) is 9.00. The van der Waals surface area contributed by atoms with Crippen molar-refractivity contribution in [3.63, 3.8) is 0 Å². The van der Waals surface area contributed by atoms with Crippen molar-refractivity contribution in [1.29, 1.82) is 0 Å². The van der Waals surface area contributed by atoms with Gasteiger partial charge in [0.2, 0.25) is 0 Å². The molecule has 1 aromatic carbocycles. The van der Waals surface area contributed by atoms with E-state index in [1.165, 1.54) is 46.9 Å². The second-order valence-corrected chi connectivity index (χ2v) is 7.82. The number of hydrogen-bond acceptors (Lipinski definition) is 2. The molecule has 0 radical (unpaired) electrons. The Morgan fingerprint density at radius 1 is 1.36 bits per heavy atom. The third kappa shape index (κ3) is 3.40. The van der Waals surface area contributed by atoms with Gasteiger partial charge in [-0.25, -0.2) is 0 Å². The Kier molecular flexibility index (Phi) is 4.45. The third-order valence-corrected chi connectivity index (χ3v) is 5.86. The Morgan fingerprint density at radius 3 is 3.04 bits per heavy atom. The number of thiophene rings is 1. The van der Waals surface area contributed by atoms with E-state index >= 15 is 0 Å². The summed E-state index contributed by atoms with van der Waals surface area (Å²) in [5, 5.41) is 3.32. The number of benzene rings is 1. The Balaban J connectivity index is 1.61. The highest BCUT2D eigenvalue weighted by Crippen LogP contribution is 2.34. The number of aliphatic imine (C=N–C) groups is 1. The first-order valence-corrected chi connectivity index (χ1v) is 9.72. The van der Waals surface area contributed by atoms with Gasteiger partial charge in [-0.2, -0.15) is 0 Å². The van der Waals surface area contributed by atoms with Crippen LogP contribution in [0.1, 0.15) is 42.2 Å². The van der Waals surface area contributed by atoms with Gasteiger partial charge in [-0.1, -0.05) is 25.1 Å². The van der Waals surface area contributed by atoms with E-state index < -0.39 is 0 Å². The number of nitrogens with zero attached hydrogens (tertiary/aromatic N) is 1. The summed E-state index contributed by atoms with van der Waals surface area (Å²) in [6, 6.07) is 10.5. The highest BCUT2D eigenvalue weighted by Gasteiger charge is 2.14. The monoisotopic (exact) mass is 349 g/mol. The third-order valence-electron chi connectivity index (χ3n) is 4.97. The summed E-state index contributed by atoms with van der Waals surface area (Å²) >= 11 is 1.62.